The molecule has 1 aliphatic rings. The lowest BCUT2D eigenvalue weighted by molar-refractivity contribution is -0.179. The second-order valence-corrected chi connectivity index (χ2v) is 5.29. The Kier molecular flexibility index (Phi) is 4.22. The number of rotatable bonds is 2. The number of hydrogen-bond acceptors (Lipinski definition) is 2. The molecule has 0 bridgehead atoms. The van der Waals surface area contributed by atoms with Crippen LogP contribution in [-0.4, -0.2) is 19.3 Å². The summed E-state index contributed by atoms with van der Waals surface area (Å²) in [5.74, 6) is -1.62. The maximum absolute atomic E-state index is 13.3. The van der Waals surface area contributed by atoms with Gasteiger partial charge in [-0.25, -0.2) is 4.39 Å². The van der Waals surface area contributed by atoms with Crippen LogP contribution in [-0.2, 0) is 0 Å². The molecule has 0 spiro atoms. The van der Waals surface area contributed by atoms with Crippen LogP contribution in [0.25, 0.3) is 0 Å². The second-order valence-electron chi connectivity index (χ2n) is 5.29. The third kappa shape index (κ3) is 3.23. The largest absolute Gasteiger partial charge is 0.391 e. The first-order chi connectivity index (χ1) is 9.29. The second kappa shape index (κ2) is 5.60. The van der Waals surface area contributed by atoms with Gasteiger partial charge in [-0.05, 0) is 43.5 Å². The molecule has 0 saturated carbocycles. The zero-order valence-electron chi connectivity index (χ0n) is 11.3. The molecule has 20 heavy (non-hydrogen) atoms. The Morgan fingerprint density at radius 1 is 1.25 bits per heavy atom. The number of benzene rings is 1. The third-order valence-electron chi connectivity index (χ3n) is 3.78. The predicted molar refractivity (Wildman–Crippen MR) is 70.0 cm³/mol. The number of halogens is 4. The van der Waals surface area contributed by atoms with Crippen molar-refractivity contribution in [3.8, 4) is 0 Å². The van der Waals surface area contributed by atoms with Crippen molar-refractivity contribution in [2.24, 2.45) is 11.7 Å². The molecule has 1 aliphatic heterocycles. The minimum absolute atomic E-state index is 0.0687. The fraction of sp³-hybridized carbons (Fsp3) is 0.571. The van der Waals surface area contributed by atoms with Gasteiger partial charge in [0.2, 0.25) is 0 Å². The number of nitrogens with two attached hydrogens (primary N) is 1. The zero-order chi connectivity index (χ0) is 14.9. The molecule has 0 amide bonds. The van der Waals surface area contributed by atoms with Gasteiger partial charge in [-0.3, -0.25) is 0 Å². The molecule has 112 valence electrons. The van der Waals surface area contributed by atoms with Crippen molar-refractivity contribution in [2.75, 3.05) is 18.0 Å². The van der Waals surface area contributed by atoms with E-state index in [-0.39, 0.29) is 24.7 Å². The fourth-order valence-electron chi connectivity index (χ4n) is 2.63. The number of alkyl halides is 3. The zero-order valence-corrected chi connectivity index (χ0v) is 11.3. The van der Waals surface area contributed by atoms with E-state index in [0.29, 0.717) is 18.7 Å². The van der Waals surface area contributed by atoms with Gasteiger partial charge in [0.05, 0.1) is 5.92 Å². The molecule has 2 rings (SSSR count). The summed E-state index contributed by atoms with van der Waals surface area (Å²) in [6.07, 6.45) is -3.99. The molecule has 1 atom stereocenters. The minimum Gasteiger partial charge on any atom is -0.371 e. The van der Waals surface area contributed by atoms with Crippen LogP contribution >= 0.6 is 0 Å². The van der Waals surface area contributed by atoms with Crippen molar-refractivity contribution in [2.45, 2.75) is 32.0 Å². The van der Waals surface area contributed by atoms with Gasteiger partial charge in [0.1, 0.15) is 5.82 Å². The summed E-state index contributed by atoms with van der Waals surface area (Å²) in [4.78, 5) is 1.86. The van der Waals surface area contributed by atoms with Crippen molar-refractivity contribution in [1.29, 1.82) is 0 Å². The summed E-state index contributed by atoms with van der Waals surface area (Å²) in [6.45, 7) is 2.37. The molecule has 0 aromatic heterocycles. The van der Waals surface area contributed by atoms with Crippen LogP contribution in [0.15, 0.2) is 18.2 Å². The smallest absolute Gasteiger partial charge is 0.371 e. The van der Waals surface area contributed by atoms with Gasteiger partial charge in [0, 0.05) is 24.8 Å². The van der Waals surface area contributed by atoms with Crippen molar-refractivity contribution >= 4 is 5.69 Å². The van der Waals surface area contributed by atoms with E-state index in [1.165, 1.54) is 12.1 Å². The minimum atomic E-state index is -4.13. The molecule has 0 aliphatic carbocycles. The van der Waals surface area contributed by atoms with E-state index in [1.807, 2.05) is 4.90 Å². The van der Waals surface area contributed by atoms with Crippen LogP contribution in [0, 0.1) is 11.7 Å². The summed E-state index contributed by atoms with van der Waals surface area (Å²) in [5.41, 5.74) is 7.19. The SMILES string of the molecule is C[C@H](N)c1cc(F)ccc1N1CCC(C(F)(F)F)CC1. The highest BCUT2D eigenvalue weighted by Crippen LogP contribution is 2.36. The van der Waals surface area contributed by atoms with Gasteiger partial charge in [-0.2, -0.15) is 13.2 Å². The van der Waals surface area contributed by atoms with E-state index < -0.39 is 12.1 Å². The summed E-state index contributed by atoms with van der Waals surface area (Å²) in [6, 6.07) is 3.91. The lowest BCUT2D eigenvalue weighted by atomic mass is 9.95. The topological polar surface area (TPSA) is 29.3 Å². The first kappa shape index (κ1) is 15.1. The van der Waals surface area contributed by atoms with E-state index in [4.69, 9.17) is 5.73 Å². The van der Waals surface area contributed by atoms with Crippen LogP contribution in [0.4, 0.5) is 23.2 Å². The summed E-state index contributed by atoms with van der Waals surface area (Å²) in [5, 5.41) is 0. The summed E-state index contributed by atoms with van der Waals surface area (Å²) >= 11 is 0. The van der Waals surface area contributed by atoms with E-state index in [0.717, 1.165) is 5.69 Å². The van der Waals surface area contributed by atoms with Gasteiger partial charge >= 0.3 is 6.18 Å². The molecule has 1 heterocycles. The molecule has 1 aromatic carbocycles. The van der Waals surface area contributed by atoms with E-state index >= 15 is 0 Å². The third-order valence-corrected chi connectivity index (χ3v) is 3.78. The maximum atomic E-state index is 13.3. The summed E-state index contributed by atoms with van der Waals surface area (Å²) < 4.78 is 51.2. The number of piperidine rings is 1. The van der Waals surface area contributed by atoms with Crippen LogP contribution in [0.5, 0.6) is 0 Å². The van der Waals surface area contributed by atoms with Gasteiger partial charge in [-0.15, -0.1) is 0 Å². The Hall–Kier alpha value is -1.30. The Morgan fingerprint density at radius 3 is 2.35 bits per heavy atom. The molecule has 2 N–H and O–H groups in total. The molecule has 1 aromatic rings. The van der Waals surface area contributed by atoms with Gasteiger partial charge in [-0.1, -0.05) is 0 Å². The standard InChI is InChI=1S/C14H18F4N2/c1-9(19)12-8-11(15)2-3-13(12)20-6-4-10(5-7-20)14(16,17)18/h2-3,8-10H,4-7,19H2,1H3/t9-/m0/s1. The van der Waals surface area contributed by atoms with Crippen LogP contribution in [0.3, 0.4) is 0 Å². The lowest BCUT2D eigenvalue weighted by Crippen LogP contribution is -2.39. The van der Waals surface area contributed by atoms with E-state index in [9.17, 15) is 17.6 Å². The molecule has 1 saturated heterocycles. The van der Waals surface area contributed by atoms with Crippen molar-refractivity contribution in [1.82, 2.24) is 0 Å². The van der Waals surface area contributed by atoms with Gasteiger partial charge in [0.15, 0.2) is 0 Å². The van der Waals surface area contributed by atoms with Crippen LogP contribution in [0.1, 0.15) is 31.4 Å². The Bertz CT molecular complexity index is 463. The number of hydrogen-bond donors (Lipinski definition) is 1. The molecule has 2 nitrogen and oxygen atoms in total. The number of nitrogens with zero attached hydrogens (tertiary/aromatic N) is 1. The normalized spacial score (nSPS) is 19.2. The molecule has 1 fully saturated rings. The molecular weight excluding hydrogens is 272 g/mol. The van der Waals surface area contributed by atoms with Gasteiger partial charge in [0.25, 0.3) is 0 Å². The fourth-order valence-corrected chi connectivity index (χ4v) is 2.63. The Labute approximate surface area is 115 Å². The quantitative estimate of drug-likeness (QED) is 0.843. The van der Waals surface area contributed by atoms with Crippen molar-refractivity contribution in [3.63, 3.8) is 0 Å². The predicted octanol–water partition coefficient (Wildman–Crippen LogP) is 3.62. The number of anilines is 1. The van der Waals surface area contributed by atoms with Crippen LogP contribution in [0.2, 0.25) is 0 Å². The highest BCUT2D eigenvalue weighted by molar-refractivity contribution is 5.55. The molecular formula is C14H18F4N2. The van der Waals surface area contributed by atoms with Crippen LogP contribution < -0.4 is 10.6 Å². The highest BCUT2D eigenvalue weighted by atomic mass is 19.4. The molecule has 0 radical (unpaired) electrons. The first-order valence-electron chi connectivity index (χ1n) is 6.65. The maximum Gasteiger partial charge on any atom is 0.391 e. The van der Waals surface area contributed by atoms with Crippen molar-refractivity contribution < 1.29 is 17.6 Å². The first-order valence-corrected chi connectivity index (χ1v) is 6.65. The van der Waals surface area contributed by atoms with Gasteiger partial charge < -0.3 is 10.6 Å². The average molecular weight is 290 g/mol. The van der Waals surface area contributed by atoms with Crippen molar-refractivity contribution in [3.05, 3.63) is 29.6 Å². The highest BCUT2D eigenvalue weighted by Gasteiger charge is 2.41. The lowest BCUT2D eigenvalue weighted by Gasteiger charge is -2.36. The Morgan fingerprint density at radius 2 is 1.85 bits per heavy atom. The molecule has 6 heteroatoms. The molecule has 0 unspecified atom stereocenters. The Balaban J connectivity index is 2.15. The average Bonchev–Trinajstić information content (AvgIpc) is 2.37. The summed E-state index contributed by atoms with van der Waals surface area (Å²) in [7, 11) is 0. The monoisotopic (exact) mass is 290 g/mol. The van der Waals surface area contributed by atoms with E-state index in [2.05, 4.69) is 0 Å². The van der Waals surface area contributed by atoms with E-state index in [1.54, 1.807) is 13.0 Å².